The first-order valence-electron chi connectivity index (χ1n) is 7.83. The molecule has 0 saturated carbocycles. The Morgan fingerprint density at radius 1 is 1.22 bits per heavy atom. The summed E-state index contributed by atoms with van der Waals surface area (Å²) in [5.74, 6) is -0.687. The van der Waals surface area contributed by atoms with E-state index in [0.29, 0.717) is 17.7 Å². The minimum atomic E-state index is -0.651. The first-order valence-corrected chi connectivity index (χ1v) is 7.83. The van der Waals surface area contributed by atoms with Crippen molar-refractivity contribution in [3.05, 3.63) is 41.5 Å². The number of carbonyl (C=O) groups excluding carboxylic acids is 3. The highest BCUT2D eigenvalue weighted by atomic mass is 16.2. The van der Waals surface area contributed by atoms with Crippen molar-refractivity contribution in [3.63, 3.8) is 0 Å². The predicted molar refractivity (Wildman–Crippen MR) is 86.4 cm³/mol. The number of amides is 3. The number of piperidine rings is 1. The molecule has 3 amide bonds. The highest BCUT2D eigenvalue weighted by Gasteiger charge is 2.45. The van der Waals surface area contributed by atoms with Gasteiger partial charge in [-0.3, -0.25) is 24.2 Å². The molecule has 0 bridgehead atoms. The highest BCUT2D eigenvalue weighted by Crippen LogP contribution is 2.37. The number of rotatable bonds is 2. The van der Waals surface area contributed by atoms with Gasteiger partial charge in [0.1, 0.15) is 6.04 Å². The Kier molecular flexibility index (Phi) is 3.59. The van der Waals surface area contributed by atoms with Gasteiger partial charge >= 0.3 is 0 Å². The Morgan fingerprint density at radius 3 is 2.52 bits per heavy atom. The molecule has 120 valence electrons. The second-order valence-electron chi connectivity index (χ2n) is 6.37. The van der Waals surface area contributed by atoms with Crippen molar-refractivity contribution in [1.29, 1.82) is 0 Å². The molecular formula is C18H20N2O3. The fourth-order valence-corrected chi connectivity index (χ4v) is 3.50. The van der Waals surface area contributed by atoms with Crippen LogP contribution in [0, 0.1) is 6.92 Å². The molecular weight excluding hydrogens is 292 g/mol. The maximum absolute atomic E-state index is 12.8. The fraction of sp³-hybridized carbons (Fsp3) is 0.389. The SMILES string of the molecule is C=C1c2c(C)cccc2C(=O)N1C1CCC(=O)N(C(C)C)C1=O. The standard InChI is InChI=1S/C18H20N2O3/c1-10(2)19-15(21)9-8-14(18(19)23)20-12(4)16-11(3)6-5-7-13(16)17(20)22/h5-7,10,14H,4,8-9H2,1-3H3. The smallest absolute Gasteiger partial charge is 0.259 e. The Bertz CT molecular complexity index is 736. The van der Waals surface area contributed by atoms with Gasteiger partial charge in [-0.1, -0.05) is 18.7 Å². The average Bonchev–Trinajstić information content (AvgIpc) is 2.73. The van der Waals surface area contributed by atoms with E-state index >= 15 is 0 Å². The summed E-state index contributed by atoms with van der Waals surface area (Å²) >= 11 is 0. The summed E-state index contributed by atoms with van der Waals surface area (Å²) in [7, 11) is 0. The van der Waals surface area contributed by atoms with E-state index in [1.165, 1.54) is 9.80 Å². The first kappa shape index (κ1) is 15.5. The van der Waals surface area contributed by atoms with Crippen LogP contribution in [0.3, 0.4) is 0 Å². The van der Waals surface area contributed by atoms with Gasteiger partial charge in [0.2, 0.25) is 5.91 Å². The molecule has 23 heavy (non-hydrogen) atoms. The van der Waals surface area contributed by atoms with Crippen molar-refractivity contribution in [2.24, 2.45) is 0 Å². The van der Waals surface area contributed by atoms with Gasteiger partial charge in [-0.2, -0.15) is 0 Å². The van der Waals surface area contributed by atoms with Gasteiger partial charge < -0.3 is 0 Å². The number of fused-ring (bicyclic) bond motifs is 1. The molecule has 1 saturated heterocycles. The molecule has 5 heteroatoms. The van der Waals surface area contributed by atoms with Crippen LogP contribution in [0.4, 0.5) is 0 Å². The zero-order valence-corrected chi connectivity index (χ0v) is 13.6. The topological polar surface area (TPSA) is 57.7 Å². The van der Waals surface area contributed by atoms with E-state index in [4.69, 9.17) is 0 Å². The van der Waals surface area contributed by atoms with Crippen LogP contribution in [0.15, 0.2) is 24.8 Å². The Balaban J connectivity index is 1.99. The van der Waals surface area contributed by atoms with Crippen LogP contribution in [-0.4, -0.2) is 39.6 Å². The summed E-state index contributed by atoms with van der Waals surface area (Å²) in [6, 6.07) is 4.65. The summed E-state index contributed by atoms with van der Waals surface area (Å²) in [6.45, 7) is 9.57. The van der Waals surface area contributed by atoms with Crippen molar-refractivity contribution in [2.45, 2.75) is 45.7 Å². The second-order valence-corrected chi connectivity index (χ2v) is 6.37. The van der Waals surface area contributed by atoms with E-state index < -0.39 is 6.04 Å². The third-order valence-electron chi connectivity index (χ3n) is 4.55. The predicted octanol–water partition coefficient (Wildman–Crippen LogP) is 2.35. The molecule has 0 N–H and O–H groups in total. The molecule has 0 spiro atoms. The lowest BCUT2D eigenvalue weighted by Crippen LogP contribution is -2.56. The van der Waals surface area contributed by atoms with Crippen LogP contribution in [0.2, 0.25) is 0 Å². The van der Waals surface area contributed by atoms with Gasteiger partial charge in [-0.25, -0.2) is 0 Å². The van der Waals surface area contributed by atoms with Gasteiger partial charge in [-0.05, 0) is 38.8 Å². The maximum atomic E-state index is 12.8. The minimum Gasteiger partial charge on any atom is -0.296 e. The fourth-order valence-electron chi connectivity index (χ4n) is 3.50. The van der Waals surface area contributed by atoms with E-state index in [2.05, 4.69) is 6.58 Å². The molecule has 1 unspecified atom stereocenters. The van der Waals surface area contributed by atoms with E-state index in [1.54, 1.807) is 19.9 Å². The minimum absolute atomic E-state index is 0.174. The summed E-state index contributed by atoms with van der Waals surface area (Å²) in [6.07, 6.45) is 0.611. The number of benzene rings is 1. The van der Waals surface area contributed by atoms with E-state index in [0.717, 1.165) is 11.1 Å². The number of aryl methyl sites for hydroxylation is 1. The second kappa shape index (κ2) is 5.33. The Hall–Kier alpha value is -2.43. The summed E-state index contributed by atoms with van der Waals surface area (Å²) in [4.78, 5) is 40.3. The molecule has 3 rings (SSSR count). The van der Waals surface area contributed by atoms with Gasteiger partial charge in [0, 0.05) is 29.3 Å². The highest BCUT2D eigenvalue weighted by molar-refractivity contribution is 6.13. The van der Waals surface area contributed by atoms with Crippen molar-refractivity contribution < 1.29 is 14.4 Å². The zero-order valence-electron chi connectivity index (χ0n) is 13.6. The van der Waals surface area contributed by atoms with E-state index in [1.807, 2.05) is 19.1 Å². The Morgan fingerprint density at radius 2 is 1.91 bits per heavy atom. The Labute approximate surface area is 135 Å². The lowest BCUT2D eigenvalue weighted by Gasteiger charge is -2.37. The molecule has 0 radical (unpaired) electrons. The molecule has 2 aliphatic heterocycles. The van der Waals surface area contributed by atoms with Crippen molar-refractivity contribution in [1.82, 2.24) is 9.80 Å². The molecule has 0 aromatic heterocycles. The average molecular weight is 312 g/mol. The van der Waals surface area contributed by atoms with Crippen LogP contribution < -0.4 is 0 Å². The third kappa shape index (κ3) is 2.19. The van der Waals surface area contributed by atoms with Crippen molar-refractivity contribution in [3.8, 4) is 0 Å². The largest absolute Gasteiger partial charge is 0.296 e. The van der Waals surface area contributed by atoms with Gasteiger partial charge in [-0.15, -0.1) is 0 Å². The molecule has 1 fully saturated rings. The monoisotopic (exact) mass is 312 g/mol. The molecule has 1 aromatic rings. The molecule has 2 aliphatic rings. The van der Waals surface area contributed by atoms with Crippen molar-refractivity contribution in [2.75, 3.05) is 0 Å². The van der Waals surface area contributed by atoms with Crippen LogP contribution in [-0.2, 0) is 9.59 Å². The number of hydrogen-bond donors (Lipinski definition) is 0. The number of carbonyl (C=O) groups is 3. The number of imide groups is 1. The van der Waals surface area contributed by atoms with Crippen LogP contribution in [0.1, 0.15) is 48.2 Å². The molecule has 0 aliphatic carbocycles. The molecule has 1 atom stereocenters. The van der Waals surface area contributed by atoms with Gasteiger partial charge in [0.25, 0.3) is 11.8 Å². The summed E-state index contributed by atoms with van der Waals surface area (Å²) in [5, 5.41) is 0. The molecule has 1 aromatic carbocycles. The summed E-state index contributed by atoms with van der Waals surface area (Å²) in [5.41, 5.74) is 2.90. The maximum Gasteiger partial charge on any atom is 0.259 e. The van der Waals surface area contributed by atoms with Crippen LogP contribution in [0.5, 0.6) is 0 Å². The lowest BCUT2D eigenvalue weighted by atomic mass is 10.00. The molecule has 2 heterocycles. The summed E-state index contributed by atoms with van der Waals surface area (Å²) < 4.78 is 0. The number of nitrogens with zero attached hydrogens (tertiary/aromatic N) is 2. The van der Waals surface area contributed by atoms with Crippen LogP contribution in [0.25, 0.3) is 5.70 Å². The van der Waals surface area contributed by atoms with Crippen molar-refractivity contribution >= 4 is 23.4 Å². The van der Waals surface area contributed by atoms with E-state index in [9.17, 15) is 14.4 Å². The van der Waals surface area contributed by atoms with Crippen LogP contribution >= 0.6 is 0 Å². The van der Waals surface area contributed by atoms with E-state index in [-0.39, 0.29) is 30.2 Å². The van der Waals surface area contributed by atoms with Gasteiger partial charge in [0.05, 0.1) is 0 Å². The third-order valence-corrected chi connectivity index (χ3v) is 4.55. The quantitative estimate of drug-likeness (QED) is 0.788. The first-order chi connectivity index (χ1) is 10.8. The molecule has 5 nitrogen and oxygen atoms in total. The number of likely N-dealkylation sites (tertiary alicyclic amines) is 1. The normalized spacial score (nSPS) is 21.5. The lowest BCUT2D eigenvalue weighted by molar-refractivity contribution is -0.153. The zero-order chi connectivity index (χ0) is 16.9. The van der Waals surface area contributed by atoms with Gasteiger partial charge in [0.15, 0.2) is 0 Å². The number of hydrogen-bond acceptors (Lipinski definition) is 3.